The van der Waals surface area contributed by atoms with E-state index in [0.29, 0.717) is 52.7 Å². The number of hydrogen-bond donors (Lipinski definition) is 0. The fraction of sp³-hybridized carbons (Fsp3) is 0.941. The van der Waals surface area contributed by atoms with Crippen molar-refractivity contribution >= 4 is 5.97 Å². The van der Waals surface area contributed by atoms with Crippen LogP contribution in [0, 0.1) is 0 Å². The van der Waals surface area contributed by atoms with Crippen molar-refractivity contribution in [2.24, 2.45) is 0 Å². The molecule has 0 radical (unpaired) electrons. The van der Waals surface area contributed by atoms with Gasteiger partial charge in [-0.1, -0.05) is 39.0 Å². The van der Waals surface area contributed by atoms with E-state index in [0.717, 1.165) is 12.8 Å². The quantitative estimate of drug-likeness (QED) is 0.304. The van der Waals surface area contributed by atoms with Crippen molar-refractivity contribution in [3.63, 3.8) is 0 Å². The third-order valence-corrected chi connectivity index (χ3v) is 3.17. The van der Waals surface area contributed by atoms with E-state index in [2.05, 4.69) is 6.92 Å². The second kappa shape index (κ2) is 18.4. The molecule has 0 heterocycles. The number of unbranched alkanes of at least 4 members (excludes halogenated alkanes) is 5. The fourth-order valence-electron chi connectivity index (χ4n) is 1.92. The SMILES string of the molecule is CCCCCCCCC(=O)OCCOCCOCCOCC. The van der Waals surface area contributed by atoms with Gasteiger partial charge in [-0.3, -0.25) is 4.79 Å². The number of ether oxygens (including phenoxy) is 4. The monoisotopic (exact) mass is 318 g/mol. The molecule has 0 bridgehead atoms. The lowest BCUT2D eigenvalue weighted by atomic mass is 10.1. The maximum atomic E-state index is 11.5. The van der Waals surface area contributed by atoms with E-state index in [1.54, 1.807) is 0 Å². The van der Waals surface area contributed by atoms with E-state index in [9.17, 15) is 4.79 Å². The predicted molar refractivity (Wildman–Crippen MR) is 87.1 cm³/mol. The van der Waals surface area contributed by atoms with Crippen LogP contribution >= 0.6 is 0 Å². The Balaban J connectivity index is 3.12. The summed E-state index contributed by atoms with van der Waals surface area (Å²) in [4.78, 5) is 11.5. The Hall–Kier alpha value is -0.650. The number of carbonyl (C=O) groups excluding carboxylic acids is 1. The Labute approximate surface area is 135 Å². The van der Waals surface area contributed by atoms with Crippen LogP contribution in [0.3, 0.4) is 0 Å². The summed E-state index contributed by atoms with van der Waals surface area (Å²) in [6.45, 7) is 7.88. The fourth-order valence-corrected chi connectivity index (χ4v) is 1.92. The van der Waals surface area contributed by atoms with Gasteiger partial charge in [-0.05, 0) is 13.3 Å². The first-order chi connectivity index (χ1) is 10.8. The van der Waals surface area contributed by atoms with Gasteiger partial charge in [-0.2, -0.15) is 0 Å². The van der Waals surface area contributed by atoms with E-state index < -0.39 is 0 Å². The molecule has 5 nitrogen and oxygen atoms in total. The zero-order valence-electron chi connectivity index (χ0n) is 14.4. The number of hydrogen-bond acceptors (Lipinski definition) is 5. The van der Waals surface area contributed by atoms with E-state index in [1.165, 1.54) is 25.7 Å². The highest BCUT2D eigenvalue weighted by molar-refractivity contribution is 5.69. The van der Waals surface area contributed by atoms with Gasteiger partial charge >= 0.3 is 5.97 Å². The molecule has 0 spiro atoms. The predicted octanol–water partition coefficient (Wildman–Crippen LogP) is 3.35. The lowest BCUT2D eigenvalue weighted by molar-refractivity contribution is -0.145. The molecule has 0 saturated carbocycles. The van der Waals surface area contributed by atoms with Crippen molar-refractivity contribution < 1.29 is 23.7 Å². The molecule has 0 aliphatic carbocycles. The maximum Gasteiger partial charge on any atom is 0.305 e. The third kappa shape index (κ3) is 17.4. The van der Waals surface area contributed by atoms with E-state index in [4.69, 9.17) is 18.9 Å². The normalized spacial score (nSPS) is 10.8. The van der Waals surface area contributed by atoms with Crippen LogP contribution in [-0.2, 0) is 23.7 Å². The average molecular weight is 318 g/mol. The Morgan fingerprint density at radius 1 is 0.682 bits per heavy atom. The number of carbonyl (C=O) groups is 1. The lowest BCUT2D eigenvalue weighted by Crippen LogP contribution is -2.13. The average Bonchev–Trinajstić information content (AvgIpc) is 2.52. The highest BCUT2D eigenvalue weighted by atomic mass is 16.6. The van der Waals surface area contributed by atoms with Crippen molar-refractivity contribution in [1.82, 2.24) is 0 Å². The number of rotatable bonds is 17. The molecule has 0 atom stereocenters. The van der Waals surface area contributed by atoms with Gasteiger partial charge in [0.05, 0.1) is 33.0 Å². The van der Waals surface area contributed by atoms with Gasteiger partial charge < -0.3 is 18.9 Å². The molecule has 0 aliphatic heterocycles. The molecule has 0 amide bonds. The van der Waals surface area contributed by atoms with E-state index >= 15 is 0 Å². The molecule has 0 fully saturated rings. The summed E-state index contributed by atoms with van der Waals surface area (Å²) in [6.07, 6.45) is 7.59. The van der Waals surface area contributed by atoms with Crippen molar-refractivity contribution in [2.75, 3.05) is 46.2 Å². The van der Waals surface area contributed by atoms with Crippen LogP contribution in [0.25, 0.3) is 0 Å². The largest absolute Gasteiger partial charge is 0.463 e. The maximum absolute atomic E-state index is 11.5. The van der Waals surface area contributed by atoms with Crippen LogP contribution in [-0.4, -0.2) is 52.2 Å². The molecule has 0 aromatic rings. The molecule has 0 aliphatic rings. The van der Waals surface area contributed by atoms with E-state index in [-0.39, 0.29) is 5.97 Å². The topological polar surface area (TPSA) is 54.0 Å². The minimum absolute atomic E-state index is 0.118. The first-order valence-corrected chi connectivity index (χ1v) is 8.70. The van der Waals surface area contributed by atoms with Crippen LogP contribution in [0.4, 0.5) is 0 Å². The number of esters is 1. The molecule has 0 N–H and O–H groups in total. The molecule has 0 rings (SSSR count). The first-order valence-electron chi connectivity index (χ1n) is 8.70. The van der Waals surface area contributed by atoms with Gasteiger partial charge in [-0.25, -0.2) is 0 Å². The molecular weight excluding hydrogens is 284 g/mol. The van der Waals surface area contributed by atoms with Crippen LogP contribution in [0.5, 0.6) is 0 Å². The van der Waals surface area contributed by atoms with E-state index in [1.807, 2.05) is 6.92 Å². The molecule has 0 saturated heterocycles. The second-order valence-electron chi connectivity index (χ2n) is 5.16. The Bertz CT molecular complexity index is 233. The van der Waals surface area contributed by atoms with Gasteiger partial charge in [0.1, 0.15) is 6.61 Å². The smallest absolute Gasteiger partial charge is 0.305 e. The summed E-state index contributed by atoms with van der Waals surface area (Å²) in [7, 11) is 0. The molecule has 0 aromatic heterocycles. The van der Waals surface area contributed by atoms with Gasteiger partial charge in [0, 0.05) is 13.0 Å². The van der Waals surface area contributed by atoms with Gasteiger partial charge in [-0.15, -0.1) is 0 Å². The molecular formula is C17H34O5. The standard InChI is InChI=1S/C17H34O5/c1-3-5-6-7-8-9-10-17(18)22-16-15-21-14-13-20-12-11-19-4-2/h3-16H2,1-2H3. The van der Waals surface area contributed by atoms with Gasteiger partial charge in [0.25, 0.3) is 0 Å². The Morgan fingerprint density at radius 3 is 1.86 bits per heavy atom. The highest BCUT2D eigenvalue weighted by Gasteiger charge is 2.02. The van der Waals surface area contributed by atoms with Crippen molar-refractivity contribution in [2.45, 2.75) is 58.8 Å². The Morgan fingerprint density at radius 2 is 1.23 bits per heavy atom. The minimum Gasteiger partial charge on any atom is -0.463 e. The van der Waals surface area contributed by atoms with Crippen LogP contribution in [0.15, 0.2) is 0 Å². The van der Waals surface area contributed by atoms with Crippen LogP contribution in [0.2, 0.25) is 0 Å². The summed E-state index contributed by atoms with van der Waals surface area (Å²) >= 11 is 0. The summed E-state index contributed by atoms with van der Waals surface area (Å²) in [5.41, 5.74) is 0. The summed E-state index contributed by atoms with van der Waals surface area (Å²) in [5.74, 6) is -0.118. The van der Waals surface area contributed by atoms with Crippen molar-refractivity contribution in [3.05, 3.63) is 0 Å². The summed E-state index contributed by atoms with van der Waals surface area (Å²) in [6, 6.07) is 0. The van der Waals surface area contributed by atoms with Crippen LogP contribution in [0.1, 0.15) is 58.8 Å². The van der Waals surface area contributed by atoms with Gasteiger partial charge in [0.15, 0.2) is 0 Å². The van der Waals surface area contributed by atoms with Crippen molar-refractivity contribution in [1.29, 1.82) is 0 Å². The zero-order chi connectivity index (χ0) is 16.3. The molecule has 0 aromatic carbocycles. The minimum atomic E-state index is -0.118. The van der Waals surface area contributed by atoms with Crippen molar-refractivity contribution in [3.8, 4) is 0 Å². The summed E-state index contributed by atoms with van der Waals surface area (Å²) < 4.78 is 20.9. The summed E-state index contributed by atoms with van der Waals surface area (Å²) in [5, 5.41) is 0. The molecule has 5 heteroatoms. The molecule has 22 heavy (non-hydrogen) atoms. The first kappa shape index (κ1) is 21.4. The van der Waals surface area contributed by atoms with Crippen LogP contribution < -0.4 is 0 Å². The second-order valence-corrected chi connectivity index (χ2v) is 5.16. The Kier molecular flexibility index (Phi) is 17.9. The lowest BCUT2D eigenvalue weighted by Gasteiger charge is -2.07. The highest BCUT2D eigenvalue weighted by Crippen LogP contribution is 2.07. The molecule has 0 unspecified atom stereocenters. The third-order valence-electron chi connectivity index (χ3n) is 3.17. The van der Waals surface area contributed by atoms with Gasteiger partial charge in [0.2, 0.25) is 0 Å². The zero-order valence-corrected chi connectivity index (χ0v) is 14.4. The molecule has 132 valence electrons.